The first-order valence-corrected chi connectivity index (χ1v) is 30.6. The summed E-state index contributed by atoms with van der Waals surface area (Å²) in [5, 5.41) is 0. The number of hydrogen-bond donors (Lipinski definition) is 0. The Hall–Kier alpha value is -5.23. The minimum atomic E-state index is -0.838. The van der Waals surface area contributed by atoms with Crippen molar-refractivity contribution in [3.63, 3.8) is 0 Å². The SMILES string of the molecule is CC/C=C\C/C=C\C/C=C\C/C=C\C/C=C\C/C=C\CCCCCCCCCCCCCCC(=O)OCC(COC(=O)CC/C=C\C/C=C\C/C=C\C/C=C\CC)OC(=O)CCCC/C=C\C/C=C\C/C=C\C/C=C\CC. The molecule has 0 aliphatic carbocycles. The summed E-state index contributed by atoms with van der Waals surface area (Å²) in [5.41, 5.74) is 0. The lowest BCUT2D eigenvalue weighted by atomic mass is 10.0. The van der Waals surface area contributed by atoms with Crippen LogP contribution in [0.25, 0.3) is 0 Å². The Morgan fingerprint density at radius 3 is 0.831 bits per heavy atom. The molecule has 0 spiro atoms. The van der Waals surface area contributed by atoms with E-state index in [0.717, 1.165) is 122 Å². The van der Waals surface area contributed by atoms with Gasteiger partial charge in [0.05, 0.1) is 0 Å². The molecule has 0 aliphatic heterocycles. The van der Waals surface area contributed by atoms with Crippen LogP contribution < -0.4 is 0 Å². The summed E-state index contributed by atoms with van der Waals surface area (Å²) in [6.45, 7) is 6.18. The Morgan fingerprint density at radius 1 is 0.260 bits per heavy atom. The van der Waals surface area contributed by atoms with Gasteiger partial charge in [0.2, 0.25) is 0 Å². The van der Waals surface area contributed by atoms with Crippen LogP contribution in [0.5, 0.6) is 0 Å². The van der Waals surface area contributed by atoms with E-state index in [1.54, 1.807) is 0 Å². The molecule has 77 heavy (non-hydrogen) atoms. The third-order valence-electron chi connectivity index (χ3n) is 12.2. The number of unbranched alkanes of at least 4 members (excludes halogenated alkanes) is 14. The lowest BCUT2D eigenvalue weighted by Crippen LogP contribution is -2.30. The number of ether oxygens (including phenoxy) is 3. The molecule has 6 heteroatoms. The lowest BCUT2D eigenvalue weighted by Gasteiger charge is -2.18. The minimum absolute atomic E-state index is 0.125. The molecule has 1 unspecified atom stereocenters. The van der Waals surface area contributed by atoms with Crippen molar-refractivity contribution in [3.8, 4) is 0 Å². The normalized spacial score (nSPS) is 13.3. The maximum Gasteiger partial charge on any atom is 0.306 e. The number of carbonyl (C=O) groups is 3. The van der Waals surface area contributed by atoms with Crippen LogP contribution in [-0.2, 0) is 28.6 Å². The highest BCUT2D eigenvalue weighted by Gasteiger charge is 2.19. The van der Waals surface area contributed by atoms with Crippen molar-refractivity contribution in [3.05, 3.63) is 170 Å². The quantitative estimate of drug-likeness (QED) is 0.0261. The summed E-state index contributed by atoms with van der Waals surface area (Å²) in [7, 11) is 0. The Labute approximate surface area is 472 Å². The largest absolute Gasteiger partial charge is 0.462 e. The number of esters is 3. The number of rotatable bonds is 53. The molecule has 0 radical (unpaired) electrons. The van der Waals surface area contributed by atoms with Gasteiger partial charge >= 0.3 is 17.9 Å². The lowest BCUT2D eigenvalue weighted by molar-refractivity contribution is -0.166. The van der Waals surface area contributed by atoms with Gasteiger partial charge in [0.15, 0.2) is 6.10 Å². The van der Waals surface area contributed by atoms with Crippen LogP contribution >= 0.6 is 0 Å². The fraction of sp³-hybridized carbons (Fsp3) is 0.563. The van der Waals surface area contributed by atoms with Crippen LogP contribution in [0.3, 0.4) is 0 Å². The van der Waals surface area contributed by atoms with Gasteiger partial charge in [0, 0.05) is 19.3 Å². The van der Waals surface area contributed by atoms with Crippen molar-refractivity contribution >= 4 is 17.9 Å². The molecule has 0 amide bonds. The van der Waals surface area contributed by atoms with E-state index in [0.29, 0.717) is 19.3 Å². The Morgan fingerprint density at radius 2 is 0.494 bits per heavy atom. The summed E-state index contributed by atoms with van der Waals surface area (Å²) >= 11 is 0. The van der Waals surface area contributed by atoms with Gasteiger partial charge in [0.1, 0.15) is 13.2 Å². The molecule has 0 rings (SSSR count). The second-order valence-corrected chi connectivity index (χ2v) is 19.5. The van der Waals surface area contributed by atoms with Crippen molar-refractivity contribution < 1.29 is 28.6 Å². The highest BCUT2D eigenvalue weighted by atomic mass is 16.6. The Bertz CT molecular complexity index is 1790. The van der Waals surface area contributed by atoms with E-state index in [4.69, 9.17) is 14.2 Å². The molecular weight excluding hydrogens is 949 g/mol. The number of allylic oxidation sites excluding steroid dienone is 28. The molecule has 0 aromatic carbocycles. The van der Waals surface area contributed by atoms with Gasteiger partial charge in [0.25, 0.3) is 0 Å². The predicted molar refractivity (Wildman–Crippen MR) is 334 cm³/mol. The third kappa shape index (κ3) is 61.5. The van der Waals surface area contributed by atoms with Gasteiger partial charge in [-0.05, 0) is 135 Å². The van der Waals surface area contributed by atoms with Gasteiger partial charge < -0.3 is 14.2 Å². The van der Waals surface area contributed by atoms with Crippen LogP contribution in [0.4, 0.5) is 0 Å². The molecule has 0 aromatic rings. The number of hydrogen-bond acceptors (Lipinski definition) is 6. The van der Waals surface area contributed by atoms with Gasteiger partial charge in [-0.15, -0.1) is 0 Å². The van der Waals surface area contributed by atoms with E-state index < -0.39 is 6.10 Å². The molecule has 0 aromatic heterocycles. The van der Waals surface area contributed by atoms with Crippen LogP contribution in [0, 0.1) is 0 Å². The smallest absolute Gasteiger partial charge is 0.306 e. The van der Waals surface area contributed by atoms with Crippen LogP contribution in [0.15, 0.2) is 170 Å². The highest BCUT2D eigenvalue weighted by Crippen LogP contribution is 2.14. The van der Waals surface area contributed by atoms with Crippen molar-refractivity contribution in [2.45, 2.75) is 245 Å². The molecule has 0 bridgehead atoms. The first-order chi connectivity index (χ1) is 38.0. The summed E-state index contributed by atoms with van der Waals surface area (Å²) in [6, 6.07) is 0. The summed E-state index contributed by atoms with van der Waals surface area (Å²) in [5.74, 6) is -1.06. The fourth-order valence-corrected chi connectivity index (χ4v) is 7.74. The zero-order chi connectivity index (χ0) is 55.7. The second-order valence-electron chi connectivity index (χ2n) is 19.5. The van der Waals surface area contributed by atoms with Crippen LogP contribution in [0.1, 0.15) is 239 Å². The maximum absolute atomic E-state index is 12.8. The standard InChI is InChI=1S/C71H110O6/c1-4-7-10-13-16-19-22-25-27-28-29-30-31-32-33-34-35-36-37-38-39-40-41-42-44-46-49-52-55-58-61-64-70(73)76-67-68(66-75-69(72)63-60-57-54-51-48-45-24-21-18-15-12-9-6-3)77-71(74)65-62-59-56-53-50-47-43-26-23-20-17-14-11-8-5-2/h7-12,16-21,25-27,29-30,32-33,35-36,43,45,48,50,53-54,57,68H,4-6,13-15,22-24,28,31,34,37-42,44,46-47,49,51-52,55-56,58-67H2,1-3H3/b10-7-,11-8-,12-9-,19-16-,20-17-,21-18-,27-25-,30-29-,33-32-,36-35-,43-26-,48-45-,53-50-,57-54-. The van der Waals surface area contributed by atoms with Gasteiger partial charge in [-0.3, -0.25) is 14.4 Å². The van der Waals surface area contributed by atoms with E-state index in [-0.39, 0.29) is 44.0 Å². The van der Waals surface area contributed by atoms with Crippen LogP contribution in [0.2, 0.25) is 0 Å². The molecular formula is C71H110O6. The summed E-state index contributed by atoms with van der Waals surface area (Å²) in [4.78, 5) is 38.1. The van der Waals surface area contributed by atoms with Gasteiger partial charge in [-0.1, -0.05) is 255 Å². The first-order valence-electron chi connectivity index (χ1n) is 30.6. The van der Waals surface area contributed by atoms with Crippen molar-refractivity contribution in [1.82, 2.24) is 0 Å². The molecule has 0 heterocycles. The predicted octanol–water partition coefficient (Wildman–Crippen LogP) is 21.1. The monoisotopic (exact) mass is 1060 g/mol. The molecule has 0 aliphatic rings. The molecule has 0 fully saturated rings. The van der Waals surface area contributed by atoms with E-state index in [1.165, 1.54) is 64.2 Å². The average molecular weight is 1060 g/mol. The van der Waals surface area contributed by atoms with E-state index in [1.807, 2.05) is 12.2 Å². The van der Waals surface area contributed by atoms with Crippen molar-refractivity contribution in [2.75, 3.05) is 13.2 Å². The molecule has 1 atom stereocenters. The van der Waals surface area contributed by atoms with Crippen LogP contribution in [-0.4, -0.2) is 37.2 Å². The van der Waals surface area contributed by atoms with Gasteiger partial charge in [-0.25, -0.2) is 0 Å². The maximum atomic E-state index is 12.8. The first kappa shape index (κ1) is 71.8. The van der Waals surface area contributed by atoms with E-state index in [9.17, 15) is 14.4 Å². The minimum Gasteiger partial charge on any atom is -0.462 e. The second kappa shape index (κ2) is 63.3. The molecule has 0 saturated carbocycles. The molecule has 0 saturated heterocycles. The Balaban J connectivity index is 4.34. The molecule has 6 nitrogen and oxygen atoms in total. The summed E-state index contributed by atoms with van der Waals surface area (Å²) < 4.78 is 16.8. The van der Waals surface area contributed by atoms with Crippen molar-refractivity contribution in [1.29, 1.82) is 0 Å². The zero-order valence-corrected chi connectivity index (χ0v) is 49.1. The highest BCUT2D eigenvalue weighted by molar-refractivity contribution is 5.71. The molecule has 430 valence electrons. The van der Waals surface area contributed by atoms with E-state index in [2.05, 4.69) is 179 Å². The average Bonchev–Trinajstić information content (AvgIpc) is 3.43. The zero-order valence-electron chi connectivity index (χ0n) is 49.1. The van der Waals surface area contributed by atoms with E-state index >= 15 is 0 Å². The van der Waals surface area contributed by atoms with Crippen molar-refractivity contribution in [2.24, 2.45) is 0 Å². The Kier molecular flexibility index (Phi) is 59.0. The third-order valence-corrected chi connectivity index (χ3v) is 12.2. The van der Waals surface area contributed by atoms with Gasteiger partial charge in [-0.2, -0.15) is 0 Å². The topological polar surface area (TPSA) is 78.9 Å². The number of carbonyl (C=O) groups excluding carboxylic acids is 3. The molecule has 0 N–H and O–H groups in total. The fourth-order valence-electron chi connectivity index (χ4n) is 7.74. The summed E-state index contributed by atoms with van der Waals surface area (Å²) in [6.07, 6.45) is 93.8.